The molecule has 1 saturated heterocycles. The molecule has 0 unspecified atom stereocenters. The molecule has 0 aliphatic carbocycles. The lowest BCUT2D eigenvalue weighted by Crippen LogP contribution is -2.37. The van der Waals surface area contributed by atoms with Gasteiger partial charge in [-0.05, 0) is 26.3 Å². The third-order valence-electron chi connectivity index (χ3n) is 4.22. The standard InChI is InChI=1S/C15H23N3O3/c1-11-10-13(12(2)16(11)3)14(19)17-6-5-7-18(9-8-17)15(20)21-4/h10H,5-9H2,1-4H3. The van der Waals surface area contributed by atoms with E-state index in [2.05, 4.69) is 0 Å². The van der Waals surface area contributed by atoms with Crippen molar-refractivity contribution < 1.29 is 14.3 Å². The maximum Gasteiger partial charge on any atom is 0.409 e. The zero-order chi connectivity index (χ0) is 15.6. The molecule has 0 atom stereocenters. The van der Waals surface area contributed by atoms with Gasteiger partial charge in [-0.25, -0.2) is 4.79 Å². The van der Waals surface area contributed by atoms with E-state index in [0.29, 0.717) is 26.2 Å². The van der Waals surface area contributed by atoms with Crippen LogP contribution >= 0.6 is 0 Å². The number of carbonyl (C=O) groups is 2. The first-order valence-corrected chi connectivity index (χ1v) is 7.20. The van der Waals surface area contributed by atoms with Crippen molar-refractivity contribution in [1.82, 2.24) is 14.4 Å². The molecular weight excluding hydrogens is 270 g/mol. The summed E-state index contributed by atoms with van der Waals surface area (Å²) in [5.41, 5.74) is 2.80. The zero-order valence-electron chi connectivity index (χ0n) is 13.2. The van der Waals surface area contributed by atoms with Crippen molar-refractivity contribution in [3.63, 3.8) is 0 Å². The molecule has 1 aliphatic rings. The van der Waals surface area contributed by atoms with Gasteiger partial charge in [0.1, 0.15) is 0 Å². The summed E-state index contributed by atoms with van der Waals surface area (Å²) in [6, 6.07) is 1.93. The molecule has 1 aliphatic heterocycles. The second-order valence-corrected chi connectivity index (χ2v) is 5.45. The highest BCUT2D eigenvalue weighted by atomic mass is 16.5. The Balaban J connectivity index is 2.10. The first-order valence-electron chi connectivity index (χ1n) is 7.20. The highest BCUT2D eigenvalue weighted by Crippen LogP contribution is 2.17. The molecule has 116 valence electrons. The number of amides is 2. The Labute approximate surface area is 125 Å². The number of aryl methyl sites for hydroxylation is 1. The van der Waals surface area contributed by atoms with Crippen LogP contribution in [0.1, 0.15) is 28.2 Å². The van der Waals surface area contributed by atoms with Gasteiger partial charge in [0.05, 0.1) is 12.7 Å². The summed E-state index contributed by atoms with van der Waals surface area (Å²) in [5.74, 6) is 0.0444. The normalized spacial score (nSPS) is 15.8. The van der Waals surface area contributed by atoms with Gasteiger partial charge >= 0.3 is 6.09 Å². The summed E-state index contributed by atoms with van der Waals surface area (Å²) in [7, 11) is 3.34. The van der Waals surface area contributed by atoms with Crippen molar-refractivity contribution in [1.29, 1.82) is 0 Å². The molecule has 1 fully saturated rings. The van der Waals surface area contributed by atoms with Gasteiger partial charge in [0, 0.05) is 44.6 Å². The van der Waals surface area contributed by atoms with Crippen LogP contribution in [0.15, 0.2) is 6.07 Å². The van der Waals surface area contributed by atoms with Crippen molar-refractivity contribution in [2.24, 2.45) is 7.05 Å². The predicted molar refractivity (Wildman–Crippen MR) is 79.4 cm³/mol. The Morgan fingerprint density at radius 3 is 2.29 bits per heavy atom. The van der Waals surface area contributed by atoms with Crippen LogP contribution in [0.3, 0.4) is 0 Å². The maximum absolute atomic E-state index is 12.7. The summed E-state index contributed by atoms with van der Waals surface area (Å²) in [6.07, 6.45) is 0.446. The number of ether oxygens (including phenoxy) is 1. The fraction of sp³-hybridized carbons (Fsp3) is 0.600. The molecule has 0 N–H and O–H groups in total. The second-order valence-electron chi connectivity index (χ2n) is 5.45. The predicted octanol–water partition coefficient (Wildman–Crippen LogP) is 1.56. The highest BCUT2D eigenvalue weighted by Gasteiger charge is 2.25. The maximum atomic E-state index is 12.7. The fourth-order valence-electron chi connectivity index (χ4n) is 2.67. The molecule has 1 aromatic rings. The van der Waals surface area contributed by atoms with Crippen LogP contribution in [0.2, 0.25) is 0 Å². The van der Waals surface area contributed by atoms with Crippen LogP contribution < -0.4 is 0 Å². The first-order chi connectivity index (χ1) is 9.95. The van der Waals surface area contributed by atoms with Gasteiger partial charge in [-0.2, -0.15) is 0 Å². The fourth-order valence-corrected chi connectivity index (χ4v) is 2.67. The van der Waals surface area contributed by atoms with Gasteiger partial charge in [0.15, 0.2) is 0 Å². The van der Waals surface area contributed by atoms with Crippen LogP contribution in [0, 0.1) is 13.8 Å². The Hall–Kier alpha value is -1.98. The van der Waals surface area contributed by atoms with Crippen LogP contribution in [-0.4, -0.2) is 59.7 Å². The van der Waals surface area contributed by atoms with Gasteiger partial charge in [-0.1, -0.05) is 0 Å². The molecule has 0 spiro atoms. The zero-order valence-corrected chi connectivity index (χ0v) is 13.2. The van der Waals surface area contributed by atoms with Crippen molar-refractivity contribution in [2.75, 3.05) is 33.3 Å². The topological polar surface area (TPSA) is 54.8 Å². The molecule has 0 saturated carbocycles. The Morgan fingerprint density at radius 2 is 1.71 bits per heavy atom. The average Bonchev–Trinajstić information content (AvgIpc) is 2.68. The summed E-state index contributed by atoms with van der Waals surface area (Å²) < 4.78 is 6.76. The van der Waals surface area contributed by atoms with E-state index >= 15 is 0 Å². The second kappa shape index (κ2) is 6.20. The summed E-state index contributed by atoms with van der Waals surface area (Å²) >= 11 is 0. The number of carbonyl (C=O) groups excluding carboxylic acids is 2. The molecule has 0 radical (unpaired) electrons. The van der Waals surface area contributed by atoms with E-state index in [1.54, 1.807) is 4.90 Å². The molecule has 1 aromatic heterocycles. The van der Waals surface area contributed by atoms with E-state index in [-0.39, 0.29) is 12.0 Å². The van der Waals surface area contributed by atoms with E-state index in [4.69, 9.17) is 4.74 Å². The molecule has 2 amide bonds. The number of aromatic nitrogens is 1. The van der Waals surface area contributed by atoms with Gasteiger partial charge < -0.3 is 19.1 Å². The van der Waals surface area contributed by atoms with Crippen LogP contribution in [0.25, 0.3) is 0 Å². The minimum atomic E-state index is -0.323. The molecule has 2 rings (SSSR count). The van der Waals surface area contributed by atoms with Crippen LogP contribution in [0.4, 0.5) is 4.79 Å². The highest BCUT2D eigenvalue weighted by molar-refractivity contribution is 5.95. The van der Waals surface area contributed by atoms with Gasteiger partial charge in [-0.3, -0.25) is 4.79 Å². The smallest absolute Gasteiger partial charge is 0.409 e. The minimum absolute atomic E-state index is 0.0444. The number of nitrogens with zero attached hydrogens (tertiary/aromatic N) is 3. The van der Waals surface area contributed by atoms with Gasteiger partial charge in [0.2, 0.25) is 0 Å². The van der Waals surface area contributed by atoms with Crippen molar-refractivity contribution in [3.05, 3.63) is 23.0 Å². The molecule has 0 bridgehead atoms. The van der Waals surface area contributed by atoms with Crippen molar-refractivity contribution in [3.8, 4) is 0 Å². The average molecular weight is 293 g/mol. The Bertz CT molecular complexity index is 551. The van der Waals surface area contributed by atoms with E-state index in [1.165, 1.54) is 7.11 Å². The quantitative estimate of drug-likeness (QED) is 0.789. The molecule has 6 nitrogen and oxygen atoms in total. The van der Waals surface area contributed by atoms with E-state index in [1.807, 2.05) is 36.4 Å². The SMILES string of the molecule is COC(=O)N1CCCN(C(=O)c2cc(C)n(C)c2C)CC1. The Morgan fingerprint density at radius 1 is 1.10 bits per heavy atom. The van der Waals surface area contributed by atoms with E-state index in [9.17, 15) is 9.59 Å². The summed E-state index contributed by atoms with van der Waals surface area (Å²) in [4.78, 5) is 27.7. The number of methoxy groups -OCH3 is 1. The van der Waals surface area contributed by atoms with Crippen LogP contribution in [0.5, 0.6) is 0 Å². The molecule has 2 heterocycles. The number of hydrogen-bond donors (Lipinski definition) is 0. The summed E-state index contributed by atoms with van der Waals surface area (Å²) in [5, 5.41) is 0. The van der Waals surface area contributed by atoms with E-state index < -0.39 is 0 Å². The van der Waals surface area contributed by atoms with Gasteiger partial charge in [-0.15, -0.1) is 0 Å². The lowest BCUT2D eigenvalue weighted by molar-refractivity contribution is 0.0756. The largest absolute Gasteiger partial charge is 0.453 e. The first kappa shape index (κ1) is 15.4. The molecule has 6 heteroatoms. The number of hydrogen-bond acceptors (Lipinski definition) is 3. The van der Waals surface area contributed by atoms with Gasteiger partial charge in [0.25, 0.3) is 5.91 Å². The number of rotatable bonds is 1. The van der Waals surface area contributed by atoms with Crippen molar-refractivity contribution >= 4 is 12.0 Å². The lowest BCUT2D eigenvalue weighted by Gasteiger charge is -2.21. The minimum Gasteiger partial charge on any atom is -0.453 e. The van der Waals surface area contributed by atoms with E-state index in [0.717, 1.165) is 23.4 Å². The van der Waals surface area contributed by atoms with Crippen LogP contribution in [-0.2, 0) is 11.8 Å². The van der Waals surface area contributed by atoms with Crippen molar-refractivity contribution in [2.45, 2.75) is 20.3 Å². The lowest BCUT2D eigenvalue weighted by atomic mass is 10.2. The molecular formula is C15H23N3O3. The molecule has 21 heavy (non-hydrogen) atoms. The molecule has 0 aromatic carbocycles. The monoisotopic (exact) mass is 293 g/mol. The third-order valence-corrected chi connectivity index (χ3v) is 4.22. The summed E-state index contributed by atoms with van der Waals surface area (Å²) in [6.45, 7) is 6.30. The third kappa shape index (κ3) is 3.04. The Kier molecular flexibility index (Phi) is 4.55.